The molecule has 0 spiro atoms. The van der Waals surface area contributed by atoms with Gasteiger partial charge in [-0.15, -0.1) is 0 Å². The maximum absolute atomic E-state index is 12.2. The Morgan fingerprint density at radius 1 is 1.00 bits per heavy atom. The minimum Gasteiger partial charge on any atom is -0.508 e. The summed E-state index contributed by atoms with van der Waals surface area (Å²) >= 11 is 0. The molecular formula is C20H29NO3. The second-order valence-electron chi connectivity index (χ2n) is 7.57. The molecule has 1 amide bonds. The third-order valence-corrected chi connectivity index (χ3v) is 5.74. The molecule has 1 aromatic carbocycles. The van der Waals surface area contributed by atoms with Crippen LogP contribution in [0.25, 0.3) is 0 Å². The minimum absolute atomic E-state index is 0.0971. The lowest BCUT2D eigenvalue weighted by Crippen LogP contribution is -2.38. The number of hydrogen-bond donors (Lipinski definition) is 3. The van der Waals surface area contributed by atoms with Crippen molar-refractivity contribution in [1.82, 2.24) is 5.32 Å². The van der Waals surface area contributed by atoms with Gasteiger partial charge in [-0.2, -0.15) is 0 Å². The van der Waals surface area contributed by atoms with Crippen LogP contribution in [-0.2, 0) is 4.79 Å². The quantitative estimate of drug-likeness (QED) is 0.774. The summed E-state index contributed by atoms with van der Waals surface area (Å²) in [6.07, 6.45) is 10.8. The molecule has 1 aromatic rings. The highest BCUT2D eigenvalue weighted by Crippen LogP contribution is 2.38. The molecule has 132 valence electrons. The second-order valence-corrected chi connectivity index (χ2v) is 7.57. The van der Waals surface area contributed by atoms with E-state index in [4.69, 9.17) is 0 Å². The first-order chi connectivity index (χ1) is 11.6. The van der Waals surface area contributed by atoms with E-state index in [0.29, 0.717) is 18.3 Å². The fraction of sp³-hybridized carbons (Fsp3) is 0.650. The fourth-order valence-corrected chi connectivity index (χ4v) is 4.37. The normalized spacial score (nSPS) is 25.3. The number of phenols is 2. The summed E-state index contributed by atoms with van der Waals surface area (Å²) in [6.45, 7) is 0. The summed E-state index contributed by atoms with van der Waals surface area (Å²) < 4.78 is 0. The highest BCUT2D eigenvalue weighted by Gasteiger charge is 2.26. The average Bonchev–Trinajstić information content (AvgIpc) is 2.57. The lowest BCUT2D eigenvalue weighted by molar-refractivity contribution is -0.123. The molecule has 0 unspecified atom stereocenters. The monoisotopic (exact) mass is 331 g/mol. The van der Waals surface area contributed by atoms with E-state index >= 15 is 0 Å². The van der Waals surface area contributed by atoms with Crippen LogP contribution in [0.1, 0.15) is 75.7 Å². The number of phenolic OH excluding ortho intramolecular Hbond substituents is 2. The first kappa shape index (κ1) is 17.1. The molecule has 3 rings (SSSR count). The Balaban J connectivity index is 1.45. The van der Waals surface area contributed by atoms with Crippen molar-refractivity contribution in [2.45, 2.75) is 76.2 Å². The Bertz CT molecular complexity index is 558. The minimum atomic E-state index is 0.0971. The standard InChI is InChI=1S/C20H29NO3/c22-17-10-11-18(19(23)13-17)15-6-8-16(9-7-15)21-20(24)12-14-4-2-1-3-5-14/h10-11,13-16,22-23H,1-9,12H2,(H,21,24). The molecule has 2 aliphatic rings. The van der Waals surface area contributed by atoms with Gasteiger partial charge in [-0.3, -0.25) is 4.79 Å². The molecule has 2 fully saturated rings. The van der Waals surface area contributed by atoms with Crippen molar-refractivity contribution in [2.75, 3.05) is 0 Å². The highest BCUT2D eigenvalue weighted by atomic mass is 16.3. The van der Waals surface area contributed by atoms with Crippen molar-refractivity contribution in [1.29, 1.82) is 0 Å². The smallest absolute Gasteiger partial charge is 0.220 e. The van der Waals surface area contributed by atoms with Gasteiger partial charge in [0.1, 0.15) is 11.5 Å². The number of carbonyl (C=O) groups excluding carboxylic acids is 1. The number of benzene rings is 1. The Morgan fingerprint density at radius 2 is 1.71 bits per heavy atom. The molecule has 24 heavy (non-hydrogen) atoms. The number of aromatic hydroxyl groups is 2. The molecule has 4 heteroatoms. The molecule has 0 heterocycles. The van der Waals surface area contributed by atoms with Gasteiger partial charge in [0.25, 0.3) is 0 Å². The topological polar surface area (TPSA) is 69.6 Å². The van der Waals surface area contributed by atoms with Crippen LogP contribution in [-0.4, -0.2) is 22.2 Å². The number of hydrogen-bond acceptors (Lipinski definition) is 3. The number of amides is 1. The Morgan fingerprint density at radius 3 is 2.38 bits per heavy atom. The SMILES string of the molecule is O=C(CC1CCCCC1)NC1CCC(c2ccc(O)cc2O)CC1. The van der Waals surface area contributed by atoms with E-state index in [1.54, 1.807) is 6.07 Å². The number of rotatable bonds is 4. The number of nitrogens with one attached hydrogen (secondary N) is 1. The lowest BCUT2D eigenvalue weighted by Gasteiger charge is -2.30. The summed E-state index contributed by atoms with van der Waals surface area (Å²) in [5.41, 5.74) is 0.916. The van der Waals surface area contributed by atoms with E-state index < -0.39 is 0 Å². The van der Waals surface area contributed by atoms with E-state index in [9.17, 15) is 15.0 Å². The van der Waals surface area contributed by atoms with Crippen molar-refractivity contribution in [3.63, 3.8) is 0 Å². The summed E-state index contributed by atoms with van der Waals surface area (Å²) in [5, 5.41) is 22.6. The van der Waals surface area contributed by atoms with Crippen LogP contribution >= 0.6 is 0 Å². The maximum atomic E-state index is 12.2. The molecular weight excluding hydrogens is 302 g/mol. The van der Waals surface area contributed by atoms with E-state index in [2.05, 4.69) is 5.32 Å². The molecule has 4 nitrogen and oxygen atoms in total. The third kappa shape index (κ3) is 4.43. The molecule has 0 saturated heterocycles. The molecule has 0 aliphatic heterocycles. The van der Waals surface area contributed by atoms with Crippen molar-refractivity contribution in [3.05, 3.63) is 23.8 Å². The predicted molar refractivity (Wildman–Crippen MR) is 94.1 cm³/mol. The van der Waals surface area contributed by atoms with E-state index in [0.717, 1.165) is 31.2 Å². The van der Waals surface area contributed by atoms with Crippen molar-refractivity contribution >= 4 is 5.91 Å². The van der Waals surface area contributed by atoms with Crippen molar-refractivity contribution < 1.29 is 15.0 Å². The van der Waals surface area contributed by atoms with Crippen LogP contribution in [0.2, 0.25) is 0 Å². The zero-order valence-corrected chi connectivity index (χ0v) is 14.3. The van der Waals surface area contributed by atoms with Gasteiger partial charge in [-0.25, -0.2) is 0 Å². The Hall–Kier alpha value is -1.71. The fourth-order valence-electron chi connectivity index (χ4n) is 4.37. The lowest BCUT2D eigenvalue weighted by atomic mass is 9.81. The van der Waals surface area contributed by atoms with Crippen molar-refractivity contribution in [3.8, 4) is 11.5 Å². The van der Waals surface area contributed by atoms with Crippen LogP contribution in [0, 0.1) is 5.92 Å². The highest BCUT2D eigenvalue weighted by molar-refractivity contribution is 5.76. The van der Waals surface area contributed by atoms with Gasteiger partial charge in [0.05, 0.1) is 0 Å². The summed E-state index contributed by atoms with van der Waals surface area (Å²) in [7, 11) is 0. The summed E-state index contributed by atoms with van der Waals surface area (Å²) in [4.78, 5) is 12.2. The molecule has 0 aromatic heterocycles. The molecule has 2 saturated carbocycles. The Kier molecular flexibility index (Phi) is 5.64. The summed E-state index contributed by atoms with van der Waals surface area (Å²) in [5.74, 6) is 1.40. The van der Waals surface area contributed by atoms with Gasteiger partial charge in [-0.1, -0.05) is 25.3 Å². The van der Waals surface area contributed by atoms with Crippen LogP contribution in [0.4, 0.5) is 0 Å². The average molecular weight is 331 g/mol. The van der Waals surface area contributed by atoms with Crippen molar-refractivity contribution in [2.24, 2.45) is 5.92 Å². The predicted octanol–water partition coefficient (Wildman–Crippen LogP) is 4.21. The van der Waals surface area contributed by atoms with Crippen LogP contribution < -0.4 is 5.32 Å². The van der Waals surface area contributed by atoms with E-state index in [-0.39, 0.29) is 23.4 Å². The molecule has 3 N–H and O–H groups in total. The van der Waals surface area contributed by atoms with Gasteiger partial charge < -0.3 is 15.5 Å². The second kappa shape index (κ2) is 7.91. The van der Waals surface area contributed by atoms with Crippen LogP contribution in [0.5, 0.6) is 11.5 Å². The third-order valence-electron chi connectivity index (χ3n) is 5.74. The van der Waals surface area contributed by atoms with Gasteiger partial charge >= 0.3 is 0 Å². The van der Waals surface area contributed by atoms with E-state index in [1.807, 2.05) is 6.07 Å². The van der Waals surface area contributed by atoms with E-state index in [1.165, 1.54) is 38.2 Å². The van der Waals surface area contributed by atoms with Crippen LogP contribution in [0.15, 0.2) is 18.2 Å². The molecule has 2 aliphatic carbocycles. The van der Waals surface area contributed by atoms with Crippen LogP contribution in [0.3, 0.4) is 0 Å². The maximum Gasteiger partial charge on any atom is 0.220 e. The largest absolute Gasteiger partial charge is 0.508 e. The number of carbonyl (C=O) groups is 1. The molecule has 0 atom stereocenters. The zero-order valence-electron chi connectivity index (χ0n) is 14.3. The zero-order chi connectivity index (χ0) is 16.9. The first-order valence-corrected chi connectivity index (χ1v) is 9.43. The Labute approximate surface area is 144 Å². The molecule has 0 radical (unpaired) electrons. The molecule has 0 bridgehead atoms. The van der Waals surface area contributed by atoms with Gasteiger partial charge in [0.15, 0.2) is 0 Å². The first-order valence-electron chi connectivity index (χ1n) is 9.43. The van der Waals surface area contributed by atoms with Gasteiger partial charge in [-0.05, 0) is 62.0 Å². The summed E-state index contributed by atoms with van der Waals surface area (Å²) in [6, 6.07) is 5.13. The van der Waals surface area contributed by atoms with Gasteiger partial charge in [0.2, 0.25) is 5.91 Å². The van der Waals surface area contributed by atoms with Gasteiger partial charge in [0, 0.05) is 18.5 Å².